The van der Waals surface area contributed by atoms with Gasteiger partial charge < -0.3 is 14.2 Å². The highest BCUT2D eigenvalue weighted by molar-refractivity contribution is 4.88. The van der Waals surface area contributed by atoms with Gasteiger partial charge in [0.05, 0.1) is 25.4 Å². The topological polar surface area (TPSA) is 34.3 Å². The van der Waals surface area contributed by atoms with Crippen LogP contribution in [0.5, 0.6) is 0 Å². The summed E-state index contributed by atoms with van der Waals surface area (Å²) in [5.41, 5.74) is 0. The zero-order chi connectivity index (χ0) is 8.67. The Morgan fingerprint density at radius 2 is 1.15 bits per heavy atom. The van der Waals surface area contributed by atoms with Crippen molar-refractivity contribution in [3.8, 4) is 0 Å². The highest BCUT2D eigenvalue weighted by Crippen LogP contribution is 2.31. The van der Waals surface area contributed by atoms with Crippen molar-refractivity contribution in [1.29, 1.82) is 0 Å². The first-order valence-corrected chi connectivity index (χ1v) is 5.32. The van der Waals surface area contributed by atoms with Crippen LogP contribution in [0.1, 0.15) is 25.7 Å². The second-order valence-corrected chi connectivity index (χ2v) is 4.24. The molecule has 0 aromatic rings. The van der Waals surface area contributed by atoms with E-state index in [-0.39, 0.29) is 0 Å². The molecule has 0 bridgehead atoms. The van der Waals surface area contributed by atoms with Crippen molar-refractivity contribution in [3.63, 3.8) is 0 Å². The predicted molar refractivity (Wildman–Crippen MR) is 46.6 cm³/mol. The van der Waals surface area contributed by atoms with E-state index in [1.807, 2.05) is 0 Å². The zero-order valence-corrected chi connectivity index (χ0v) is 7.78. The molecule has 0 spiro atoms. The molecule has 0 aliphatic carbocycles. The third-order valence-corrected chi connectivity index (χ3v) is 3.12. The lowest BCUT2D eigenvalue weighted by molar-refractivity contribution is -0.0337. The summed E-state index contributed by atoms with van der Waals surface area (Å²) in [5.74, 6) is 0. The lowest BCUT2D eigenvalue weighted by Crippen LogP contribution is -2.28. The summed E-state index contributed by atoms with van der Waals surface area (Å²) in [6, 6.07) is 0. The molecule has 3 rings (SSSR count). The van der Waals surface area contributed by atoms with Crippen LogP contribution in [0.25, 0.3) is 0 Å². The van der Waals surface area contributed by atoms with E-state index in [0.717, 1.165) is 13.2 Å². The molecule has 13 heavy (non-hydrogen) atoms. The number of hydrogen-bond acceptors (Lipinski definition) is 3. The molecule has 3 fully saturated rings. The maximum absolute atomic E-state index is 6.01. The van der Waals surface area contributed by atoms with Gasteiger partial charge >= 0.3 is 0 Å². The maximum Gasteiger partial charge on any atom is 0.107 e. The van der Waals surface area contributed by atoms with Gasteiger partial charge in [-0.1, -0.05) is 12.8 Å². The molecule has 3 aliphatic heterocycles. The van der Waals surface area contributed by atoms with Gasteiger partial charge in [-0.2, -0.15) is 0 Å². The molecular weight excluding hydrogens is 168 g/mol. The van der Waals surface area contributed by atoms with Gasteiger partial charge in [0.2, 0.25) is 0 Å². The third-order valence-electron chi connectivity index (χ3n) is 3.12. The van der Waals surface area contributed by atoms with Gasteiger partial charge in [0.25, 0.3) is 0 Å². The molecule has 0 radical (unpaired) electrons. The lowest BCUT2D eigenvalue weighted by atomic mass is 10.1. The Labute approximate surface area is 78.3 Å². The summed E-state index contributed by atoms with van der Waals surface area (Å²) in [7, 11) is 0. The van der Waals surface area contributed by atoms with Crippen LogP contribution < -0.4 is 0 Å². The molecule has 0 saturated carbocycles. The van der Waals surface area contributed by atoms with Crippen molar-refractivity contribution in [2.45, 2.75) is 50.1 Å². The molecule has 74 valence electrons. The lowest BCUT2D eigenvalue weighted by Gasteiger charge is -2.18. The molecule has 4 atom stereocenters. The Hall–Kier alpha value is -0.120. The Bertz CT molecular complexity index is 167. The Balaban J connectivity index is 1.61. The van der Waals surface area contributed by atoms with Crippen LogP contribution in [-0.4, -0.2) is 37.6 Å². The minimum atomic E-state index is 0.358. The standard InChI is InChI=1S/C10H16O3/c1-2-4-8(10-6-12-10)13-7(3-1)9-5-11-9/h7-10H,1-6H2. The monoisotopic (exact) mass is 184 g/mol. The third kappa shape index (κ3) is 1.87. The summed E-state index contributed by atoms with van der Waals surface area (Å²) < 4.78 is 16.6. The van der Waals surface area contributed by atoms with Gasteiger partial charge in [-0.3, -0.25) is 0 Å². The van der Waals surface area contributed by atoms with E-state index in [1.165, 1.54) is 25.7 Å². The summed E-state index contributed by atoms with van der Waals surface area (Å²) in [4.78, 5) is 0. The van der Waals surface area contributed by atoms with Crippen molar-refractivity contribution in [2.75, 3.05) is 13.2 Å². The quantitative estimate of drug-likeness (QED) is 0.603. The molecule has 0 amide bonds. The highest BCUT2D eigenvalue weighted by atomic mass is 16.6. The Morgan fingerprint density at radius 3 is 1.54 bits per heavy atom. The van der Waals surface area contributed by atoms with Gasteiger partial charge in [0, 0.05) is 0 Å². The fourth-order valence-corrected chi connectivity index (χ4v) is 2.14. The van der Waals surface area contributed by atoms with Crippen LogP contribution in [0.3, 0.4) is 0 Å². The van der Waals surface area contributed by atoms with Crippen molar-refractivity contribution >= 4 is 0 Å². The van der Waals surface area contributed by atoms with E-state index in [4.69, 9.17) is 14.2 Å². The van der Waals surface area contributed by atoms with E-state index in [1.54, 1.807) is 0 Å². The van der Waals surface area contributed by atoms with Gasteiger partial charge in [-0.05, 0) is 12.8 Å². The Kier molecular flexibility index (Phi) is 2.04. The van der Waals surface area contributed by atoms with Crippen LogP contribution in [-0.2, 0) is 14.2 Å². The largest absolute Gasteiger partial charge is 0.370 e. The highest BCUT2D eigenvalue weighted by Gasteiger charge is 2.41. The van der Waals surface area contributed by atoms with Crippen LogP contribution >= 0.6 is 0 Å². The summed E-state index contributed by atoms with van der Waals surface area (Å²) in [5, 5.41) is 0. The normalized spacial score (nSPS) is 49.8. The maximum atomic E-state index is 6.01. The first-order valence-electron chi connectivity index (χ1n) is 5.32. The van der Waals surface area contributed by atoms with E-state index in [9.17, 15) is 0 Å². The molecule has 3 heteroatoms. The van der Waals surface area contributed by atoms with Gasteiger partial charge in [-0.15, -0.1) is 0 Å². The molecule has 3 saturated heterocycles. The summed E-state index contributed by atoms with van der Waals surface area (Å²) in [6.45, 7) is 1.81. The number of hydrogen-bond donors (Lipinski definition) is 0. The van der Waals surface area contributed by atoms with E-state index >= 15 is 0 Å². The predicted octanol–water partition coefficient (Wildman–Crippen LogP) is 1.11. The van der Waals surface area contributed by atoms with Crippen molar-refractivity contribution < 1.29 is 14.2 Å². The molecule has 4 unspecified atom stereocenters. The van der Waals surface area contributed by atoms with Crippen molar-refractivity contribution in [3.05, 3.63) is 0 Å². The van der Waals surface area contributed by atoms with Crippen LogP contribution in [0, 0.1) is 0 Å². The fourth-order valence-electron chi connectivity index (χ4n) is 2.14. The zero-order valence-electron chi connectivity index (χ0n) is 7.78. The Morgan fingerprint density at radius 1 is 0.692 bits per heavy atom. The van der Waals surface area contributed by atoms with Gasteiger partial charge in [0.15, 0.2) is 0 Å². The molecule has 3 heterocycles. The molecular formula is C10H16O3. The average Bonchev–Trinajstić information content (AvgIpc) is 3.02. The van der Waals surface area contributed by atoms with E-state index in [2.05, 4.69) is 0 Å². The fraction of sp³-hybridized carbons (Fsp3) is 1.00. The van der Waals surface area contributed by atoms with E-state index < -0.39 is 0 Å². The van der Waals surface area contributed by atoms with Gasteiger partial charge in [0.1, 0.15) is 12.2 Å². The SMILES string of the molecule is C1CCC(C2CO2)OC(C2CO2)C1. The summed E-state index contributed by atoms with van der Waals surface area (Å²) in [6.07, 6.45) is 6.44. The van der Waals surface area contributed by atoms with Crippen LogP contribution in [0.4, 0.5) is 0 Å². The number of epoxide rings is 2. The minimum Gasteiger partial charge on any atom is -0.370 e. The smallest absolute Gasteiger partial charge is 0.107 e. The van der Waals surface area contributed by atoms with Gasteiger partial charge in [-0.25, -0.2) is 0 Å². The van der Waals surface area contributed by atoms with Crippen molar-refractivity contribution in [2.24, 2.45) is 0 Å². The molecule has 3 nitrogen and oxygen atoms in total. The molecule has 0 aromatic carbocycles. The summed E-state index contributed by atoms with van der Waals surface area (Å²) >= 11 is 0. The van der Waals surface area contributed by atoms with Crippen LogP contribution in [0.15, 0.2) is 0 Å². The number of ether oxygens (including phenoxy) is 3. The molecule has 0 aromatic heterocycles. The van der Waals surface area contributed by atoms with Crippen LogP contribution in [0.2, 0.25) is 0 Å². The van der Waals surface area contributed by atoms with Crippen molar-refractivity contribution in [1.82, 2.24) is 0 Å². The first-order chi connectivity index (χ1) is 6.43. The minimum absolute atomic E-state index is 0.358. The molecule has 3 aliphatic rings. The first kappa shape index (κ1) is 8.21. The second-order valence-electron chi connectivity index (χ2n) is 4.24. The average molecular weight is 184 g/mol. The molecule has 0 N–H and O–H groups in total. The second kappa shape index (κ2) is 3.23. The van der Waals surface area contributed by atoms with E-state index in [0.29, 0.717) is 24.4 Å². The number of rotatable bonds is 2.